The molecular weight excluding hydrogens is 332 g/mol. The van der Waals surface area contributed by atoms with E-state index in [0.29, 0.717) is 17.2 Å². The van der Waals surface area contributed by atoms with Gasteiger partial charge in [-0.15, -0.1) is 0 Å². The van der Waals surface area contributed by atoms with Crippen LogP contribution in [0.15, 0.2) is 53.1 Å². The van der Waals surface area contributed by atoms with E-state index in [9.17, 15) is 4.79 Å². The predicted octanol–water partition coefficient (Wildman–Crippen LogP) is 3.93. The van der Waals surface area contributed by atoms with Gasteiger partial charge >= 0.3 is 0 Å². The smallest absolute Gasteiger partial charge is 0.277 e. The zero-order valence-corrected chi connectivity index (χ0v) is 14.5. The lowest BCUT2D eigenvalue weighted by molar-refractivity contribution is 0.101. The molecule has 1 aliphatic heterocycles. The molecule has 0 aliphatic carbocycles. The van der Waals surface area contributed by atoms with Gasteiger partial charge in [0.05, 0.1) is 7.11 Å². The van der Waals surface area contributed by atoms with Crippen LogP contribution in [0.2, 0.25) is 0 Å². The number of carbonyl (C=O) groups excluding carboxylic acids is 1. The minimum Gasteiger partial charge on any atom is -0.497 e. The predicted molar refractivity (Wildman–Crippen MR) is 96.7 cm³/mol. The maximum Gasteiger partial charge on any atom is 0.277 e. The van der Waals surface area contributed by atoms with Crippen molar-refractivity contribution in [1.82, 2.24) is 5.16 Å². The Hall–Kier alpha value is -3.28. The first-order valence-electron chi connectivity index (χ1n) is 8.34. The molecule has 0 saturated heterocycles. The van der Waals surface area contributed by atoms with E-state index in [1.807, 2.05) is 31.2 Å². The first kappa shape index (κ1) is 16.2. The zero-order chi connectivity index (χ0) is 18.1. The molecule has 2 aromatic carbocycles. The topological polar surface area (TPSA) is 73.6 Å². The van der Waals surface area contributed by atoms with Gasteiger partial charge in [0, 0.05) is 29.8 Å². The number of nitrogens with one attached hydrogen (secondary N) is 1. The summed E-state index contributed by atoms with van der Waals surface area (Å²) in [6.07, 6.45) is 1.04. The Morgan fingerprint density at radius 1 is 1.23 bits per heavy atom. The van der Waals surface area contributed by atoms with Crippen molar-refractivity contribution in [3.05, 3.63) is 59.8 Å². The molecule has 0 bridgehead atoms. The molecule has 2 heterocycles. The van der Waals surface area contributed by atoms with E-state index in [0.717, 1.165) is 23.3 Å². The van der Waals surface area contributed by atoms with Crippen LogP contribution in [0.5, 0.6) is 11.5 Å². The molecule has 1 N–H and O–H groups in total. The lowest BCUT2D eigenvalue weighted by atomic mass is 10.1. The van der Waals surface area contributed by atoms with Gasteiger partial charge in [0.15, 0.2) is 11.5 Å². The molecule has 0 unspecified atom stereocenters. The Morgan fingerprint density at radius 3 is 2.96 bits per heavy atom. The fourth-order valence-electron chi connectivity index (χ4n) is 2.99. The summed E-state index contributed by atoms with van der Waals surface area (Å²) in [5.41, 5.74) is 2.85. The average molecular weight is 350 g/mol. The molecule has 0 saturated carbocycles. The Bertz CT molecular complexity index is 964. The second-order valence-corrected chi connectivity index (χ2v) is 6.22. The molecule has 0 radical (unpaired) electrons. The second-order valence-electron chi connectivity index (χ2n) is 6.22. The molecule has 1 aromatic heterocycles. The monoisotopic (exact) mass is 350 g/mol. The largest absolute Gasteiger partial charge is 0.497 e. The van der Waals surface area contributed by atoms with E-state index in [1.54, 1.807) is 31.4 Å². The van der Waals surface area contributed by atoms with Crippen molar-refractivity contribution in [3.8, 4) is 22.8 Å². The number of anilines is 1. The van der Waals surface area contributed by atoms with E-state index < -0.39 is 0 Å². The molecule has 0 fully saturated rings. The van der Waals surface area contributed by atoms with Crippen molar-refractivity contribution in [2.45, 2.75) is 19.4 Å². The summed E-state index contributed by atoms with van der Waals surface area (Å²) in [6, 6.07) is 14.6. The minimum absolute atomic E-state index is 0.180. The van der Waals surface area contributed by atoms with Crippen LogP contribution >= 0.6 is 0 Å². The van der Waals surface area contributed by atoms with Gasteiger partial charge in [-0.1, -0.05) is 11.2 Å². The number of aromatic nitrogens is 1. The number of nitrogens with zero attached hydrogens (tertiary/aromatic N) is 1. The number of amides is 1. The van der Waals surface area contributed by atoms with Crippen LogP contribution in [-0.4, -0.2) is 24.3 Å². The highest BCUT2D eigenvalue weighted by molar-refractivity contribution is 6.03. The van der Waals surface area contributed by atoms with E-state index in [2.05, 4.69) is 10.5 Å². The van der Waals surface area contributed by atoms with Crippen molar-refractivity contribution in [1.29, 1.82) is 0 Å². The molecule has 1 aliphatic rings. The van der Waals surface area contributed by atoms with Gasteiger partial charge < -0.3 is 19.3 Å². The summed E-state index contributed by atoms with van der Waals surface area (Å²) in [6.45, 7) is 2.04. The van der Waals surface area contributed by atoms with Crippen molar-refractivity contribution in [2.75, 3.05) is 12.4 Å². The van der Waals surface area contributed by atoms with Crippen LogP contribution < -0.4 is 14.8 Å². The van der Waals surface area contributed by atoms with Crippen LogP contribution in [0.3, 0.4) is 0 Å². The van der Waals surface area contributed by atoms with Gasteiger partial charge in [0.2, 0.25) is 0 Å². The molecule has 4 rings (SSSR count). The lowest BCUT2D eigenvalue weighted by Crippen LogP contribution is -2.12. The summed E-state index contributed by atoms with van der Waals surface area (Å²) in [5, 5.41) is 6.67. The lowest BCUT2D eigenvalue weighted by Gasteiger charge is -2.04. The Morgan fingerprint density at radius 2 is 2.12 bits per heavy atom. The first-order valence-corrected chi connectivity index (χ1v) is 8.34. The number of hydrogen-bond acceptors (Lipinski definition) is 5. The highest BCUT2D eigenvalue weighted by Gasteiger charge is 2.21. The van der Waals surface area contributed by atoms with E-state index in [-0.39, 0.29) is 17.7 Å². The molecule has 132 valence electrons. The van der Waals surface area contributed by atoms with E-state index in [1.165, 1.54) is 0 Å². The number of rotatable bonds is 4. The summed E-state index contributed by atoms with van der Waals surface area (Å²) in [5.74, 6) is 1.77. The van der Waals surface area contributed by atoms with Gasteiger partial charge in [-0.3, -0.25) is 4.79 Å². The van der Waals surface area contributed by atoms with Gasteiger partial charge in [0.25, 0.3) is 5.91 Å². The fourth-order valence-corrected chi connectivity index (χ4v) is 2.99. The van der Waals surface area contributed by atoms with E-state index >= 15 is 0 Å². The van der Waals surface area contributed by atoms with Crippen LogP contribution in [0, 0.1) is 0 Å². The van der Waals surface area contributed by atoms with Crippen molar-refractivity contribution < 1.29 is 18.8 Å². The van der Waals surface area contributed by atoms with Gasteiger partial charge in [0.1, 0.15) is 17.6 Å². The first-order chi connectivity index (χ1) is 12.6. The second kappa shape index (κ2) is 6.55. The number of ether oxygens (including phenoxy) is 2. The number of benzene rings is 2. The third-order valence-electron chi connectivity index (χ3n) is 4.25. The number of hydrogen-bond donors (Lipinski definition) is 1. The third kappa shape index (κ3) is 3.13. The molecule has 26 heavy (non-hydrogen) atoms. The molecular formula is C20H18N2O4. The minimum atomic E-state index is -0.341. The number of methoxy groups -OCH3 is 1. The summed E-state index contributed by atoms with van der Waals surface area (Å²) >= 11 is 0. The van der Waals surface area contributed by atoms with Gasteiger partial charge in [-0.2, -0.15) is 0 Å². The normalized spacial score (nSPS) is 15.2. The van der Waals surface area contributed by atoms with E-state index in [4.69, 9.17) is 14.0 Å². The summed E-state index contributed by atoms with van der Waals surface area (Å²) in [4.78, 5) is 12.4. The Balaban J connectivity index is 1.52. The molecule has 6 nitrogen and oxygen atoms in total. The summed E-state index contributed by atoms with van der Waals surface area (Å²) in [7, 11) is 1.58. The van der Waals surface area contributed by atoms with Gasteiger partial charge in [-0.05, 0) is 42.8 Å². The maximum atomic E-state index is 12.4. The van der Waals surface area contributed by atoms with Crippen LogP contribution in [0.4, 0.5) is 5.69 Å². The Labute approximate surface area is 150 Å². The third-order valence-corrected chi connectivity index (χ3v) is 4.25. The summed E-state index contributed by atoms with van der Waals surface area (Å²) < 4.78 is 16.2. The molecule has 0 spiro atoms. The molecule has 6 heteroatoms. The van der Waals surface area contributed by atoms with Crippen molar-refractivity contribution >= 4 is 11.6 Å². The molecule has 1 atom stereocenters. The quantitative estimate of drug-likeness (QED) is 0.772. The van der Waals surface area contributed by atoms with Crippen molar-refractivity contribution in [2.24, 2.45) is 0 Å². The van der Waals surface area contributed by atoms with Crippen molar-refractivity contribution in [3.63, 3.8) is 0 Å². The average Bonchev–Trinajstić information content (AvgIpc) is 3.27. The maximum absolute atomic E-state index is 12.4. The van der Waals surface area contributed by atoms with Gasteiger partial charge in [-0.25, -0.2) is 0 Å². The van der Waals surface area contributed by atoms with Crippen LogP contribution in [0.25, 0.3) is 11.3 Å². The van der Waals surface area contributed by atoms with Crippen LogP contribution in [0.1, 0.15) is 23.0 Å². The highest BCUT2D eigenvalue weighted by Crippen LogP contribution is 2.33. The molecule has 1 amide bonds. The number of fused-ring (bicyclic) bond motifs is 1. The van der Waals surface area contributed by atoms with Crippen LogP contribution in [-0.2, 0) is 6.42 Å². The standard InChI is InChI=1S/C20H18N2O4/c1-12-8-14-9-13(6-7-18(14)25-12)19-11-17(22-26-19)20(23)21-15-4-3-5-16(10-15)24-2/h3-7,9-12H,8H2,1-2H3,(H,21,23)/t12-/m1/s1. The highest BCUT2D eigenvalue weighted by atomic mass is 16.5. The zero-order valence-electron chi connectivity index (χ0n) is 14.5. The number of carbonyl (C=O) groups is 1. The molecule has 3 aromatic rings. The Kier molecular flexibility index (Phi) is 4.08. The SMILES string of the molecule is COc1cccc(NC(=O)c2cc(-c3ccc4c(c3)C[C@@H](C)O4)on2)c1. The fraction of sp³-hybridized carbons (Fsp3) is 0.200.